The first-order valence-corrected chi connectivity index (χ1v) is 8.92. The summed E-state index contributed by atoms with van der Waals surface area (Å²) in [5.41, 5.74) is 0.952. The molecule has 0 saturated carbocycles. The van der Waals surface area contributed by atoms with Gasteiger partial charge in [-0.1, -0.05) is 55.0 Å². The lowest BCUT2D eigenvalue weighted by atomic mass is 10.1. The number of carbonyl (C=O) groups excluding carboxylic acids is 2. The van der Waals surface area contributed by atoms with Crippen molar-refractivity contribution in [2.24, 2.45) is 0 Å². The first-order chi connectivity index (χ1) is 11.7. The van der Waals surface area contributed by atoms with Gasteiger partial charge in [0.05, 0.1) is 6.42 Å². The van der Waals surface area contributed by atoms with Crippen LogP contribution in [0.2, 0.25) is 0 Å². The number of nitrogens with zero attached hydrogens (tertiary/aromatic N) is 2. The molecule has 1 heterocycles. The third-order valence-electron chi connectivity index (χ3n) is 3.34. The lowest BCUT2D eigenvalue weighted by Gasteiger charge is -2.05. The number of anilines is 1. The number of aryl methyl sites for hydroxylation is 1. The largest absolute Gasteiger partial charge is 0.355 e. The van der Waals surface area contributed by atoms with Crippen LogP contribution in [0.3, 0.4) is 0 Å². The van der Waals surface area contributed by atoms with Crippen molar-refractivity contribution in [1.29, 1.82) is 0 Å². The van der Waals surface area contributed by atoms with E-state index in [0.717, 1.165) is 29.8 Å². The number of aromatic nitrogens is 2. The molecule has 7 heteroatoms. The maximum atomic E-state index is 11.9. The van der Waals surface area contributed by atoms with Gasteiger partial charge in [-0.3, -0.25) is 9.59 Å². The summed E-state index contributed by atoms with van der Waals surface area (Å²) >= 11 is 1.40. The van der Waals surface area contributed by atoms with Gasteiger partial charge in [0.25, 0.3) is 0 Å². The topological polar surface area (TPSA) is 84.0 Å². The molecule has 6 nitrogen and oxygen atoms in total. The average Bonchev–Trinajstić information content (AvgIpc) is 3.01. The van der Waals surface area contributed by atoms with E-state index >= 15 is 0 Å². The number of unbranched alkanes of at least 4 members (excludes halogenated alkanes) is 1. The number of carbonyl (C=O) groups is 2. The number of amides is 2. The lowest BCUT2D eigenvalue weighted by Crippen LogP contribution is -2.28. The summed E-state index contributed by atoms with van der Waals surface area (Å²) < 4.78 is 0. The Balaban J connectivity index is 1.66. The zero-order valence-corrected chi connectivity index (χ0v) is 14.6. The van der Waals surface area contributed by atoms with Gasteiger partial charge in [0.15, 0.2) is 0 Å². The van der Waals surface area contributed by atoms with E-state index in [9.17, 15) is 9.59 Å². The van der Waals surface area contributed by atoms with E-state index in [2.05, 4.69) is 27.8 Å². The fourth-order valence-electron chi connectivity index (χ4n) is 2.07. The molecule has 2 N–H and O–H groups in total. The van der Waals surface area contributed by atoms with Crippen LogP contribution in [0.5, 0.6) is 0 Å². The molecule has 24 heavy (non-hydrogen) atoms. The molecule has 0 aliphatic heterocycles. The van der Waals surface area contributed by atoms with Crippen molar-refractivity contribution in [2.75, 3.05) is 11.9 Å². The third-order valence-corrected chi connectivity index (χ3v) is 4.24. The average molecular weight is 346 g/mol. The molecule has 0 spiro atoms. The van der Waals surface area contributed by atoms with Gasteiger partial charge in [0.1, 0.15) is 5.01 Å². The molecule has 0 saturated heterocycles. The van der Waals surface area contributed by atoms with Crippen molar-refractivity contribution in [2.45, 2.75) is 39.0 Å². The number of hydrogen-bond acceptors (Lipinski definition) is 5. The molecule has 128 valence electrons. The normalized spacial score (nSPS) is 10.4. The number of hydrogen-bond donors (Lipinski definition) is 2. The molecule has 0 bridgehead atoms. The van der Waals surface area contributed by atoms with Gasteiger partial charge in [-0.05, 0) is 12.0 Å². The second-order valence-electron chi connectivity index (χ2n) is 5.42. The highest BCUT2D eigenvalue weighted by Crippen LogP contribution is 2.17. The molecule has 0 fully saturated rings. The molecular weight excluding hydrogens is 324 g/mol. The summed E-state index contributed by atoms with van der Waals surface area (Å²) in [4.78, 5) is 23.6. The number of nitrogens with one attached hydrogen (secondary N) is 2. The summed E-state index contributed by atoms with van der Waals surface area (Å²) in [5, 5.41) is 14.9. The van der Waals surface area contributed by atoms with Crippen molar-refractivity contribution in [3.63, 3.8) is 0 Å². The Morgan fingerprint density at radius 1 is 1.12 bits per heavy atom. The Hall–Kier alpha value is -2.28. The van der Waals surface area contributed by atoms with E-state index in [4.69, 9.17) is 0 Å². The van der Waals surface area contributed by atoms with E-state index in [1.54, 1.807) is 0 Å². The zero-order chi connectivity index (χ0) is 17.2. The Kier molecular flexibility index (Phi) is 7.35. The second kappa shape index (κ2) is 9.77. The van der Waals surface area contributed by atoms with Crippen LogP contribution >= 0.6 is 11.3 Å². The smallest absolute Gasteiger partial charge is 0.227 e. The molecule has 0 radical (unpaired) electrons. The second-order valence-corrected chi connectivity index (χ2v) is 6.48. The van der Waals surface area contributed by atoms with Crippen molar-refractivity contribution in [1.82, 2.24) is 15.5 Å². The van der Waals surface area contributed by atoms with Gasteiger partial charge in [0.2, 0.25) is 16.9 Å². The summed E-state index contributed by atoms with van der Waals surface area (Å²) in [5.74, 6) is -0.264. The highest BCUT2D eigenvalue weighted by Gasteiger charge is 2.09. The first kappa shape index (κ1) is 18.1. The Morgan fingerprint density at radius 3 is 2.67 bits per heavy atom. The van der Waals surface area contributed by atoms with Crippen molar-refractivity contribution >= 4 is 28.3 Å². The van der Waals surface area contributed by atoms with Gasteiger partial charge in [-0.2, -0.15) is 0 Å². The third kappa shape index (κ3) is 6.45. The van der Waals surface area contributed by atoms with E-state index in [1.807, 2.05) is 30.3 Å². The predicted octanol–water partition coefficient (Wildman–Crippen LogP) is 2.57. The summed E-state index contributed by atoms with van der Waals surface area (Å²) in [6, 6.07) is 9.50. The molecule has 1 aromatic carbocycles. The Bertz CT molecular complexity index is 658. The SMILES string of the molecule is CCCCc1nnc(NC(=O)CCNC(=O)Cc2ccccc2)s1. The van der Waals surface area contributed by atoms with E-state index in [0.29, 0.717) is 18.1 Å². The fraction of sp³-hybridized carbons (Fsp3) is 0.412. The van der Waals surface area contributed by atoms with Crippen LogP contribution in [0.1, 0.15) is 36.8 Å². The minimum atomic E-state index is -0.173. The molecule has 2 amide bonds. The van der Waals surface area contributed by atoms with Gasteiger partial charge in [0, 0.05) is 19.4 Å². The molecular formula is C17H22N4O2S. The summed E-state index contributed by atoms with van der Waals surface area (Å²) in [6.07, 6.45) is 3.59. The van der Waals surface area contributed by atoms with Crippen LogP contribution in [0, 0.1) is 0 Å². The van der Waals surface area contributed by atoms with Gasteiger partial charge in [-0.25, -0.2) is 0 Å². The van der Waals surface area contributed by atoms with Crippen molar-refractivity contribution in [3.8, 4) is 0 Å². The van der Waals surface area contributed by atoms with Gasteiger partial charge in [-0.15, -0.1) is 10.2 Å². The quantitative estimate of drug-likeness (QED) is 0.731. The van der Waals surface area contributed by atoms with Crippen LogP contribution in [0.4, 0.5) is 5.13 Å². The maximum absolute atomic E-state index is 11.9. The Morgan fingerprint density at radius 2 is 1.92 bits per heavy atom. The molecule has 1 aromatic heterocycles. The minimum absolute atomic E-state index is 0.0910. The molecule has 0 aliphatic carbocycles. The van der Waals surface area contributed by atoms with Crippen molar-refractivity contribution < 1.29 is 9.59 Å². The Labute approximate surface area is 145 Å². The summed E-state index contributed by atoms with van der Waals surface area (Å²) in [6.45, 7) is 2.43. The number of benzene rings is 1. The highest BCUT2D eigenvalue weighted by atomic mass is 32.1. The maximum Gasteiger partial charge on any atom is 0.227 e. The van der Waals surface area contributed by atoms with E-state index < -0.39 is 0 Å². The molecule has 2 aromatic rings. The zero-order valence-electron chi connectivity index (χ0n) is 13.7. The van der Waals surface area contributed by atoms with Crippen LogP contribution in [-0.2, 0) is 22.4 Å². The molecule has 0 aliphatic rings. The monoisotopic (exact) mass is 346 g/mol. The standard InChI is InChI=1S/C17H22N4O2S/c1-2-3-9-16-20-21-17(24-16)19-14(22)10-11-18-15(23)12-13-7-5-4-6-8-13/h4-8H,2-3,9-12H2,1H3,(H,18,23)(H,19,21,22). The fourth-order valence-corrected chi connectivity index (χ4v) is 2.87. The summed E-state index contributed by atoms with van der Waals surface area (Å²) in [7, 11) is 0. The van der Waals surface area contributed by atoms with Crippen LogP contribution in [0.15, 0.2) is 30.3 Å². The van der Waals surface area contributed by atoms with Crippen molar-refractivity contribution in [3.05, 3.63) is 40.9 Å². The highest BCUT2D eigenvalue weighted by molar-refractivity contribution is 7.15. The molecule has 0 unspecified atom stereocenters. The molecule has 0 atom stereocenters. The van der Waals surface area contributed by atoms with Crippen LogP contribution in [0.25, 0.3) is 0 Å². The predicted molar refractivity (Wildman–Crippen MR) is 94.9 cm³/mol. The van der Waals surface area contributed by atoms with Crippen LogP contribution < -0.4 is 10.6 Å². The minimum Gasteiger partial charge on any atom is -0.355 e. The first-order valence-electron chi connectivity index (χ1n) is 8.10. The van der Waals surface area contributed by atoms with Gasteiger partial charge >= 0.3 is 0 Å². The van der Waals surface area contributed by atoms with E-state index in [-0.39, 0.29) is 18.2 Å². The number of rotatable bonds is 9. The van der Waals surface area contributed by atoms with E-state index in [1.165, 1.54) is 11.3 Å². The van der Waals surface area contributed by atoms with Crippen LogP contribution in [-0.4, -0.2) is 28.6 Å². The molecule has 2 rings (SSSR count). The van der Waals surface area contributed by atoms with Gasteiger partial charge < -0.3 is 10.6 Å². The lowest BCUT2D eigenvalue weighted by molar-refractivity contribution is -0.120.